The number of nitrogens with zero attached hydrogens (tertiary/aromatic N) is 1. The summed E-state index contributed by atoms with van der Waals surface area (Å²) in [5, 5.41) is 0. The molecule has 0 amide bonds. The molecule has 0 aliphatic rings. The average molecular weight is 362 g/mol. The van der Waals surface area contributed by atoms with Crippen LogP contribution in [-0.2, 0) is 0 Å². The molecule has 0 fully saturated rings. The second-order valence-corrected chi connectivity index (χ2v) is 4.02. The van der Waals surface area contributed by atoms with Gasteiger partial charge in [-0.1, -0.05) is 0 Å². The Bertz CT molecular complexity index is 346. The van der Waals surface area contributed by atoms with Crippen LogP contribution in [0.4, 0.5) is 8.78 Å². The van der Waals surface area contributed by atoms with E-state index in [1.54, 1.807) is 22.6 Å². The number of aldehydes is 1. The zero-order valence-corrected chi connectivity index (χ0v) is 9.84. The topological polar surface area (TPSA) is 30.0 Å². The van der Waals surface area contributed by atoms with Crippen molar-refractivity contribution in [3.63, 3.8) is 0 Å². The van der Waals surface area contributed by atoms with Crippen molar-refractivity contribution < 1.29 is 13.6 Å². The van der Waals surface area contributed by atoms with Gasteiger partial charge in [0.15, 0.2) is 6.29 Å². The van der Waals surface area contributed by atoms with Crippen LogP contribution >= 0.6 is 38.5 Å². The minimum atomic E-state index is -2.67. The number of alkyl halides is 2. The second-order valence-electron chi connectivity index (χ2n) is 2.14. The maximum Gasteiger partial charge on any atom is 0.265 e. The summed E-state index contributed by atoms with van der Waals surface area (Å²) >= 11 is 4.66. The Morgan fingerprint density at radius 2 is 2.23 bits per heavy atom. The smallest absolute Gasteiger partial charge is 0.265 e. The Kier molecular flexibility index (Phi) is 3.72. The molecule has 0 unspecified atom stereocenters. The van der Waals surface area contributed by atoms with E-state index in [-0.39, 0.29) is 19.3 Å². The van der Waals surface area contributed by atoms with Crippen molar-refractivity contribution in [2.75, 3.05) is 0 Å². The predicted molar refractivity (Wildman–Crippen MR) is 55.0 cm³/mol. The van der Waals surface area contributed by atoms with Gasteiger partial charge < -0.3 is 0 Å². The molecule has 1 aromatic rings. The number of hydrogen-bond donors (Lipinski definition) is 0. The van der Waals surface area contributed by atoms with Crippen LogP contribution in [0.25, 0.3) is 0 Å². The number of halogens is 4. The summed E-state index contributed by atoms with van der Waals surface area (Å²) in [4.78, 5) is 14.3. The van der Waals surface area contributed by atoms with Gasteiger partial charge in [0.05, 0.1) is 5.56 Å². The van der Waals surface area contributed by atoms with Gasteiger partial charge in [-0.2, -0.15) is 0 Å². The fourth-order valence-electron chi connectivity index (χ4n) is 0.826. The monoisotopic (exact) mass is 361 g/mol. The molecule has 0 bridgehead atoms. The molecule has 6 heteroatoms. The number of carbonyl (C=O) groups is 1. The van der Waals surface area contributed by atoms with Gasteiger partial charge in [-0.3, -0.25) is 4.79 Å². The molecule has 13 heavy (non-hydrogen) atoms. The van der Waals surface area contributed by atoms with Crippen LogP contribution in [0.2, 0.25) is 0 Å². The van der Waals surface area contributed by atoms with Crippen molar-refractivity contribution in [1.29, 1.82) is 0 Å². The van der Waals surface area contributed by atoms with Crippen LogP contribution in [0.5, 0.6) is 0 Å². The quantitative estimate of drug-likeness (QED) is 0.460. The second kappa shape index (κ2) is 4.41. The standard InChI is InChI=1S/C7H3BrF2INO/c8-4-1-12-7(11)3(2-13)5(4)6(9)10/h1-2,6H. The molecule has 0 saturated heterocycles. The molecule has 0 aliphatic carbocycles. The summed E-state index contributed by atoms with van der Waals surface area (Å²) in [6, 6.07) is 0. The third kappa shape index (κ3) is 2.22. The molecule has 0 aromatic carbocycles. The average Bonchev–Trinajstić information content (AvgIpc) is 2.07. The van der Waals surface area contributed by atoms with Gasteiger partial charge >= 0.3 is 0 Å². The summed E-state index contributed by atoms with van der Waals surface area (Å²) in [5.41, 5.74) is -0.348. The van der Waals surface area contributed by atoms with E-state index >= 15 is 0 Å². The summed E-state index contributed by atoms with van der Waals surface area (Å²) in [5.74, 6) is 0. The maximum absolute atomic E-state index is 12.4. The van der Waals surface area contributed by atoms with E-state index in [9.17, 15) is 13.6 Å². The zero-order chi connectivity index (χ0) is 10.0. The normalized spacial score (nSPS) is 10.5. The highest BCUT2D eigenvalue weighted by Crippen LogP contribution is 2.30. The molecule has 1 heterocycles. The SMILES string of the molecule is O=Cc1c(I)ncc(Br)c1C(F)F. The summed E-state index contributed by atoms with van der Waals surface area (Å²) in [7, 11) is 0. The fourth-order valence-corrected chi connectivity index (χ4v) is 1.87. The highest BCUT2D eigenvalue weighted by molar-refractivity contribution is 14.1. The van der Waals surface area contributed by atoms with Crippen LogP contribution < -0.4 is 0 Å². The molecule has 2 nitrogen and oxygen atoms in total. The number of carbonyl (C=O) groups excluding carboxylic acids is 1. The lowest BCUT2D eigenvalue weighted by molar-refractivity contribution is 0.110. The van der Waals surface area contributed by atoms with Gasteiger partial charge in [-0.25, -0.2) is 13.8 Å². The molecule has 0 atom stereocenters. The van der Waals surface area contributed by atoms with Crippen LogP contribution in [-0.4, -0.2) is 11.3 Å². The number of hydrogen-bond acceptors (Lipinski definition) is 2. The molecule has 1 rings (SSSR count). The predicted octanol–water partition coefficient (Wildman–Crippen LogP) is 3.20. The summed E-state index contributed by atoms with van der Waals surface area (Å²) < 4.78 is 25.3. The van der Waals surface area contributed by atoms with Gasteiger partial charge in [0.2, 0.25) is 0 Å². The first-order valence-corrected chi connectivity index (χ1v) is 5.02. The van der Waals surface area contributed by atoms with E-state index in [4.69, 9.17) is 0 Å². The molecular formula is C7H3BrF2INO. The van der Waals surface area contributed by atoms with Crippen molar-refractivity contribution in [2.45, 2.75) is 6.43 Å². The summed E-state index contributed by atoms with van der Waals surface area (Å²) in [6.45, 7) is 0. The Hall–Kier alpha value is -0.110. The van der Waals surface area contributed by atoms with E-state index in [1.807, 2.05) is 0 Å². The highest BCUT2D eigenvalue weighted by Gasteiger charge is 2.19. The first kappa shape index (κ1) is 11.0. The van der Waals surface area contributed by atoms with Crippen molar-refractivity contribution in [3.05, 3.63) is 25.5 Å². The van der Waals surface area contributed by atoms with Crippen LogP contribution in [0.15, 0.2) is 10.7 Å². The lowest BCUT2D eigenvalue weighted by Crippen LogP contribution is -2.00. The van der Waals surface area contributed by atoms with E-state index in [2.05, 4.69) is 20.9 Å². The van der Waals surface area contributed by atoms with Gasteiger partial charge in [-0.05, 0) is 38.5 Å². The number of pyridine rings is 1. The Morgan fingerprint density at radius 3 is 2.62 bits per heavy atom. The Morgan fingerprint density at radius 1 is 1.62 bits per heavy atom. The van der Waals surface area contributed by atoms with Gasteiger partial charge in [0, 0.05) is 16.2 Å². The minimum absolute atomic E-state index is 0.0509. The zero-order valence-electron chi connectivity index (χ0n) is 6.10. The lowest BCUT2D eigenvalue weighted by Gasteiger charge is -2.06. The minimum Gasteiger partial charge on any atom is -0.298 e. The van der Waals surface area contributed by atoms with E-state index in [0.29, 0.717) is 6.29 Å². The van der Waals surface area contributed by atoms with E-state index < -0.39 is 6.43 Å². The third-order valence-corrected chi connectivity index (χ3v) is 2.89. The maximum atomic E-state index is 12.4. The van der Waals surface area contributed by atoms with Gasteiger partial charge in [-0.15, -0.1) is 0 Å². The first-order valence-electron chi connectivity index (χ1n) is 3.15. The molecule has 1 aromatic heterocycles. The van der Waals surface area contributed by atoms with Crippen LogP contribution in [0.3, 0.4) is 0 Å². The summed E-state index contributed by atoms with van der Waals surface area (Å²) in [6.07, 6.45) is -1.02. The molecule has 0 radical (unpaired) electrons. The third-order valence-electron chi connectivity index (χ3n) is 1.40. The van der Waals surface area contributed by atoms with Crippen molar-refractivity contribution in [3.8, 4) is 0 Å². The van der Waals surface area contributed by atoms with Crippen molar-refractivity contribution >= 4 is 44.8 Å². The first-order chi connectivity index (χ1) is 6.07. The Labute approximate surface area is 95.0 Å². The molecule has 0 saturated carbocycles. The van der Waals surface area contributed by atoms with E-state index in [0.717, 1.165) is 0 Å². The van der Waals surface area contributed by atoms with Gasteiger partial charge in [0.1, 0.15) is 3.70 Å². The number of rotatable bonds is 2. The molecular weight excluding hydrogens is 359 g/mol. The van der Waals surface area contributed by atoms with Crippen molar-refractivity contribution in [1.82, 2.24) is 4.98 Å². The molecule has 0 spiro atoms. The molecule has 70 valence electrons. The van der Waals surface area contributed by atoms with Gasteiger partial charge in [0.25, 0.3) is 6.43 Å². The lowest BCUT2D eigenvalue weighted by atomic mass is 10.2. The Balaban J connectivity index is 3.43. The molecule has 0 aliphatic heterocycles. The van der Waals surface area contributed by atoms with Crippen LogP contribution in [0.1, 0.15) is 22.3 Å². The van der Waals surface area contributed by atoms with E-state index in [1.165, 1.54) is 6.20 Å². The van der Waals surface area contributed by atoms with Crippen molar-refractivity contribution in [2.24, 2.45) is 0 Å². The fraction of sp³-hybridized carbons (Fsp3) is 0.143. The molecule has 0 N–H and O–H groups in total. The number of aromatic nitrogens is 1. The largest absolute Gasteiger partial charge is 0.298 e. The highest BCUT2D eigenvalue weighted by atomic mass is 127. The van der Waals surface area contributed by atoms with Crippen LogP contribution in [0, 0.1) is 3.70 Å².